The number of hydrogen-bond acceptors (Lipinski definition) is 7. The molecule has 1 fully saturated rings. The Kier molecular flexibility index (Phi) is 5.75. The minimum Gasteiger partial charge on any atom is -0.482 e. The zero-order valence-electron chi connectivity index (χ0n) is 16.5. The quantitative estimate of drug-likeness (QED) is 0.533. The van der Waals surface area contributed by atoms with Crippen molar-refractivity contribution in [2.75, 3.05) is 31.6 Å². The smallest absolute Gasteiger partial charge is 0.338 e. The molecular weight excluding hydrogens is 424 g/mol. The van der Waals surface area contributed by atoms with E-state index < -0.39 is 28.4 Å². The van der Waals surface area contributed by atoms with E-state index in [1.54, 1.807) is 6.07 Å². The van der Waals surface area contributed by atoms with E-state index >= 15 is 0 Å². The molecule has 4 rings (SSSR count). The third kappa shape index (κ3) is 4.44. The average molecular weight is 444 g/mol. The molecule has 0 saturated carbocycles. The number of fused-ring (bicyclic) bond motifs is 1. The van der Waals surface area contributed by atoms with Gasteiger partial charge in [-0.25, -0.2) is 13.2 Å². The van der Waals surface area contributed by atoms with Gasteiger partial charge >= 0.3 is 5.97 Å². The van der Waals surface area contributed by atoms with Gasteiger partial charge in [-0.2, -0.15) is 4.31 Å². The van der Waals surface area contributed by atoms with Crippen LogP contribution < -0.4 is 10.1 Å². The van der Waals surface area contributed by atoms with Gasteiger partial charge in [-0.15, -0.1) is 0 Å². The number of Topliss-reactive ketones (excluding diaryl/α,β-unsaturated/α-hetero) is 1. The van der Waals surface area contributed by atoms with Crippen molar-refractivity contribution in [1.82, 2.24) is 4.31 Å². The Hall–Kier alpha value is -3.24. The predicted octanol–water partition coefficient (Wildman–Crippen LogP) is 1.84. The van der Waals surface area contributed by atoms with Crippen LogP contribution in [0.3, 0.4) is 0 Å². The molecule has 162 valence electrons. The molecule has 0 aromatic heterocycles. The lowest BCUT2D eigenvalue weighted by atomic mass is 10.1. The Balaban J connectivity index is 1.38. The number of nitrogens with one attached hydrogen (secondary N) is 1. The van der Waals surface area contributed by atoms with E-state index in [4.69, 9.17) is 9.47 Å². The minimum absolute atomic E-state index is 0.0873. The van der Waals surface area contributed by atoms with Crippen LogP contribution in [0.15, 0.2) is 47.4 Å². The van der Waals surface area contributed by atoms with E-state index in [1.807, 2.05) is 0 Å². The second kappa shape index (κ2) is 8.48. The molecular formula is C21H20N2O7S. The fraction of sp³-hybridized carbons (Fsp3) is 0.286. The molecule has 0 bridgehead atoms. The summed E-state index contributed by atoms with van der Waals surface area (Å²) in [4.78, 5) is 36.1. The fourth-order valence-electron chi connectivity index (χ4n) is 3.39. The Morgan fingerprint density at radius 3 is 2.42 bits per heavy atom. The number of carbonyl (C=O) groups is 3. The summed E-state index contributed by atoms with van der Waals surface area (Å²) in [5.41, 5.74) is 0.770. The molecule has 0 aliphatic carbocycles. The van der Waals surface area contributed by atoms with Crippen molar-refractivity contribution in [3.8, 4) is 5.75 Å². The maximum absolute atomic E-state index is 12.5. The number of amides is 1. The maximum Gasteiger partial charge on any atom is 0.338 e. The summed E-state index contributed by atoms with van der Waals surface area (Å²) in [5, 5.41) is 2.61. The predicted molar refractivity (Wildman–Crippen MR) is 110 cm³/mol. The fourth-order valence-corrected chi connectivity index (χ4v) is 4.91. The Labute approximate surface area is 179 Å². The lowest BCUT2D eigenvalue weighted by Gasteiger charge is -2.18. The number of nitrogens with zero attached hydrogens (tertiary/aromatic N) is 1. The highest BCUT2D eigenvalue weighted by Gasteiger charge is 2.27. The molecule has 1 N–H and O–H groups in total. The zero-order valence-corrected chi connectivity index (χ0v) is 17.3. The number of ether oxygens (including phenoxy) is 2. The molecule has 2 heterocycles. The van der Waals surface area contributed by atoms with E-state index in [-0.39, 0.29) is 28.5 Å². The van der Waals surface area contributed by atoms with Gasteiger partial charge in [0.05, 0.1) is 16.1 Å². The second-order valence-corrected chi connectivity index (χ2v) is 9.12. The molecule has 1 amide bonds. The van der Waals surface area contributed by atoms with Crippen LogP contribution in [0, 0.1) is 0 Å². The molecule has 2 aromatic rings. The second-order valence-electron chi connectivity index (χ2n) is 7.18. The topological polar surface area (TPSA) is 119 Å². The van der Waals surface area contributed by atoms with Gasteiger partial charge in [-0.05, 0) is 55.3 Å². The van der Waals surface area contributed by atoms with Gasteiger partial charge in [-0.1, -0.05) is 0 Å². The molecule has 2 aliphatic heterocycles. The number of rotatable bonds is 6. The molecule has 0 spiro atoms. The molecule has 1 saturated heterocycles. The van der Waals surface area contributed by atoms with E-state index in [0.29, 0.717) is 24.5 Å². The van der Waals surface area contributed by atoms with Gasteiger partial charge in [0, 0.05) is 18.7 Å². The molecule has 0 radical (unpaired) electrons. The first-order valence-electron chi connectivity index (χ1n) is 9.72. The van der Waals surface area contributed by atoms with Crippen LogP contribution in [-0.4, -0.2) is 56.7 Å². The van der Waals surface area contributed by atoms with Crippen molar-refractivity contribution in [1.29, 1.82) is 0 Å². The van der Waals surface area contributed by atoms with Gasteiger partial charge in [-0.3, -0.25) is 9.59 Å². The van der Waals surface area contributed by atoms with Gasteiger partial charge in [0.2, 0.25) is 10.0 Å². The summed E-state index contributed by atoms with van der Waals surface area (Å²) in [7, 11) is -3.57. The summed E-state index contributed by atoms with van der Waals surface area (Å²) >= 11 is 0. The van der Waals surface area contributed by atoms with E-state index in [1.165, 1.54) is 40.7 Å². The number of hydrogen-bond donors (Lipinski definition) is 1. The van der Waals surface area contributed by atoms with Crippen LogP contribution in [0.2, 0.25) is 0 Å². The van der Waals surface area contributed by atoms with Crippen molar-refractivity contribution >= 4 is 33.4 Å². The van der Waals surface area contributed by atoms with E-state index in [9.17, 15) is 22.8 Å². The highest BCUT2D eigenvalue weighted by molar-refractivity contribution is 7.89. The van der Waals surface area contributed by atoms with Gasteiger partial charge < -0.3 is 14.8 Å². The number of ketones is 1. The molecule has 2 aromatic carbocycles. The Morgan fingerprint density at radius 1 is 1.03 bits per heavy atom. The summed E-state index contributed by atoms with van der Waals surface area (Å²) in [5.74, 6) is -1.06. The lowest BCUT2D eigenvalue weighted by molar-refractivity contribution is -0.118. The number of benzene rings is 2. The summed E-state index contributed by atoms with van der Waals surface area (Å²) < 4.78 is 36.8. The normalized spacial score (nSPS) is 16.2. The first-order chi connectivity index (χ1) is 14.8. The van der Waals surface area contributed by atoms with Gasteiger partial charge in [0.25, 0.3) is 5.91 Å². The lowest BCUT2D eigenvalue weighted by Crippen LogP contribution is -2.27. The third-order valence-corrected chi connectivity index (χ3v) is 6.97. The third-order valence-electron chi connectivity index (χ3n) is 5.06. The van der Waals surface area contributed by atoms with E-state index in [2.05, 4.69) is 5.32 Å². The first-order valence-corrected chi connectivity index (χ1v) is 11.2. The number of sulfonamides is 1. The van der Waals surface area contributed by atoms with Gasteiger partial charge in [0.15, 0.2) is 19.0 Å². The molecule has 2 aliphatic rings. The Bertz CT molecular complexity index is 1140. The zero-order chi connectivity index (χ0) is 22.0. The Morgan fingerprint density at radius 2 is 1.71 bits per heavy atom. The van der Waals surface area contributed by atoms with Crippen LogP contribution in [0.1, 0.15) is 33.6 Å². The van der Waals surface area contributed by atoms with Crippen molar-refractivity contribution in [2.45, 2.75) is 17.7 Å². The number of carbonyl (C=O) groups excluding carboxylic acids is 3. The van der Waals surface area contributed by atoms with Crippen LogP contribution in [-0.2, 0) is 19.6 Å². The van der Waals surface area contributed by atoms with Crippen LogP contribution in [0.5, 0.6) is 5.75 Å². The SMILES string of the molecule is O=C1COc2ccc(C(=O)COC(=O)c3ccc(S(=O)(=O)N4CCCC4)cc3)cc2N1. The van der Waals surface area contributed by atoms with Crippen molar-refractivity contribution in [3.05, 3.63) is 53.6 Å². The van der Waals surface area contributed by atoms with E-state index in [0.717, 1.165) is 12.8 Å². The summed E-state index contributed by atoms with van der Waals surface area (Å²) in [6, 6.07) is 9.98. The standard InChI is InChI=1S/C21H20N2O7S/c24-18(15-5-8-19-17(11-15)22-20(25)13-29-19)12-30-21(26)14-3-6-16(7-4-14)31(27,28)23-9-1-2-10-23/h3-8,11H,1-2,9-10,12-13H2,(H,22,25). The maximum atomic E-state index is 12.5. The summed E-state index contributed by atoms with van der Waals surface area (Å²) in [6.07, 6.45) is 1.67. The minimum atomic E-state index is -3.57. The van der Waals surface area contributed by atoms with Crippen molar-refractivity contribution in [2.24, 2.45) is 0 Å². The molecule has 0 unspecified atom stereocenters. The molecule has 0 atom stereocenters. The largest absolute Gasteiger partial charge is 0.482 e. The highest BCUT2D eigenvalue weighted by Crippen LogP contribution is 2.28. The molecule has 31 heavy (non-hydrogen) atoms. The molecule has 9 nitrogen and oxygen atoms in total. The van der Waals surface area contributed by atoms with Gasteiger partial charge in [0.1, 0.15) is 5.75 Å². The average Bonchev–Trinajstić information content (AvgIpc) is 3.32. The van der Waals surface area contributed by atoms with Crippen LogP contribution in [0.25, 0.3) is 0 Å². The van der Waals surface area contributed by atoms with Crippen LogP contribution >= 0.6 is 0 Å². The van der Waals surface area contributed by atoms with Crippen LogP contribution in [0.4, 0.5) is 5.69 Å². The van der Waals surface area contributed by atoms with Crippen molar-refractivity contribution < 1.29 is 32.3 Å². The monoisotopic (exact) mass is 444 g/mol. The first kappa shape index (κ1) is 21.0. The van der Waals surface area contributed by atoms with Crippen molar-refractivity contribution in [3.63, 3.8) is 0 Å². The summed E-state index contributed by atoms with van der Waals surface area (Å²) in [6.45, 7) is 0.399. The highest BCUT2D eigenvalue weighted by atomic mass is 32.2. The number of esters is 1. The molecule has 10 heteroatoms. The number of anilines is 1.